The maximum atomic E-state index is 3.52. The minimum atomic E-state index is 0.627. The zero-order valence-corrected chi connectivity index (χ0v) is 11.7. The highest BCUT2D eigenvalue weighted by molar-refractivity contribution is 5.45. The molecule has 0 unspecified atom stereocenters. The van der Waals surface area contributed by atoms with Crippen molar-refractivity contribution in [2.45, 2.75) is 20.4 Å². The second kappa shape index (κ2) is 6.95. The summed E-state index contributed by atoms with van der Waals surface area (Å²) < 4.78 is 0. The van der Waals surface area contributed by atoms with Crippen molar-refractivity contribution in [3.8, 4) is 0 Å². The number of benzene rings is 2. The number of rotatable bonds is 6. The summed E-state index contributed by atoms with van der Waals surface area (Å²) in [6.45, 7) is 6.29. The first kappa shape index (κ1) is 13.6. The Morgan fingerprint density at radius 2 is 1.47 bits per heavy atom. The largest absolute Gasteiger partial charge is 0.304 e. The van der Waals surface area contributed by atoms with E-state index < -0.39 is 0 Å². The molecule has 2 aromatic carbocycles. The lowest BCUT2D eigenvalue weighted by molar-refractivity contribution is 0.524. The van der Waals surface area contributed by atoms with Crippen LogP contribution in [-0.4, -0.2) is 6.54 Å². The van der Waals surface area contributed by atoms with Crippen molar-refractivity contribution < 1.29 is 0 Å². The zero-order valence-electron chi connectivity index (χ0n) is 11.7. The van der Waals surface area contributed by atoms with E-state index in [0.717, 1.165) is 13.1 Å². The molecule has 0 amide bonds. The summed E-state index contributed by atoms with van der Waals surface area (Å²) >= 11 is 0. The Kier molecular flexibility index (Phi) is 4.99. The van der Waals surface area contributed by atoms with Crippen LogP contribution in [0, 0.1) is 5.92 Å². The molecule has 2 heteroatoms. The molecule has 19 heavy (non-hydrogen) atoms. The van der Waals surface area contributed by atoms with Gasteiger partial charge in [-0.05, 0) is 23.6 Å². The van der Waals surface area contributed by atoms with E-state index in [1.165, 1.54) is 11.3 Å². The maximum Gasteiger partial charge on any atom is 0.0595 e. The predicted molar refractivity (Wildman–Crippen MR) is 81.9 cm³/mol. The van der Waals surface area contributed by atoms with E-state index in [2.05, 4.69) is 78.9 Å². The Hall–Kier alpha value is -1.80. The molecule has 0 radical (unpaired) electrons. The topological polar surface area (TPSA) is 15.3 Å². The van der Waals surface area contributed by atoms with Gasteiger partial charge in [0.15, 0.2) is 0 Å². The number of para-hydroxylation sites is 1. The Bertz CT molecular complexity index is 465. The van der Waals surface area contributed by atoms with Gasteiger partial charge in [-0.3, -0.25) is 0 Å². The Labute approximate surface area is 116 Å². The fourth-order valence-corrected chi connectivity index (χ4v) is 1.91. The Balaban J connectivity index is 2.10. The van der Waals surface area contributed by atoms with E-state index in [1.807, 2.05) is 6.07 Å². The molecule has 0 aliphatic rings. The van der Waals surface area contributed by atoms with Gasteiger partial charge in [0.2, 0.25) is 0 Å². The van der Waals surface area contributed by atoms with E-state index in [1.54, 1.807) is 0 Å². The molecule has 100 valence electrons. The number of hydrazine groups is 1. The Morgan fingerprint density at radius 3 is 2.05 bits per heavy atom. The van der Waals surface area contributed by atoms with E-state index in [9.17, 15) is 0 Å². The number of hydrogen-bond donors (Lipinski definition) is 1. The van der Waals surface area contributed by atoms with Gasteiger partial charge < -0.3 is 5.01 Å². The van der Waals surface area contributed by atoms with Gasteiger partial charge in [0, 0.05) is 6.54 Å². The van der Waals surface area contributed by atoms with E-state index in [0.29, 0.717) is 5.92 Å². The van der Waals surface area contributed by atoms with Gasteiger partial charge in [0.05, 0.1) is 12.2 Å². The van der Waals surface area contributed by atoms with Crippen molar-refractivity contribution in [1.82, 2.24) is 5.43 Å². The monoisotopic (exact) mass is 254 g/mol. The maximum absolute atomic E-state index is 3.52. The number of nitrogens with zero attached hydrogens (tertiary/aromatic N) is 1. The first-order valence-electron chi connectivity index (χ1n) is 6.85. The van der Waals surface area contributed by atoms with Crippen molar-refractivity contribution in [3.63, 3.8) is 0 Å². The van der Waals surface area contributed by atoms with E-state index >= 15 is 0 Å². The summed E-state index contributed by atoms with van der Waals surface area (Å²) in [6.07, 6.45) is 0. The molecule has 0 aliphatic heterocycles. The lowest BCUT2D eigenvalue weighted by Gasteiger charge is -2.26. The van der Waals surface area contributed by atoms with Crippen molar-refractivity contribution in [3.05, 3.63) is 66.2 Å². The third kappa shape index (κ3) is 4.42. The summed E-state index contributed by atoms with van der Waals surface area (Å²) in [6, 6.07) is 21.0. The summed E-state index contributed by atoms with van der Waals surface area (Å²) in [5.41, 5.74) is 6.03. The standard InChI is InChI=1S/C17H22N2/c1-15(2)13-18-19(17-11-7-4-8-12-17)14-16-9-5-3-6-10-16/h3-12,15,18H,13-14H2,1-2H3. The highest BCUT2D eigenvalue weighted by Crippen LogP contribution is 2.14. The number of hydrogen-bond acceptors (Lipinski definition) is 2. The molecule has 0 fully saturated rings. The van der Waals surface area contributed by atoms with Gasteiger partial charge in [-0.2, -0.15) is 0 Å². The summed E-state index contributed by atoms with van der Waals surface area (Å²) in [4.78, 5) is 0. The molecule has 0 bridgehead atoms. The van der Waals surface area contributed by atoms with Crippen molar-refractivity contribution in [1.29, 1.82) is 0 Å². The minimum Gasteiger partial charge on any atom is -0.304 e. The van der Waals surface area contributed by atoms with Crippen LogP contribution in [0.25, 0.3) is 0 Å². The second-order valence-electron chi connectivity index (χ2n) is 5.16. The van der Waals surface area contributed by atoms with Crippen LogP contribution >= 0.6 is 0 Å². The van der Waals surface area contributed by atoms with Crippen LogP contribution in [0.3, 0.4) is 0 Å². The minimum absolute atomic E-state index is 0.627. The van der Waals surface area contributed by atoms with E-state index in [-0.39, 0.29) is 0 Å². The summed E-state index contributed by atoms with van der Waals surface area (Å²) in [5, 5.41) is 2.22. The van der Waals surface area contributed by atoms with Gasteiger partial charge in [0.1, 0.15) is 0 Å². The lowest BCUT2D eigenvalue weighted by Crippen LogP contribution is -2.39. The molecule has 2 rings (SSSR count). The molecule has 0 atom stereocenters. The Morgan fingerprint density at radius 1 is 0.895 bits per heavy atom. The molecular weight excluding hydrogens is 232 g/mol. The molecule has 1 N–H and O–H groups in total. The van der Waals surface area contributed by atoms with Crippen LogP contribution in [0.5, 0.6) is 0 Å². The van der Waals surface area contributed by atoms with Gasteiger partial charge in [0.25, 0.3) is 0 Å². The van der Waals surface area contributed by atoms with Crippen LogP contribution in [0.1, 0.15) is 19.4 Å². The number of nitrogens with one attached hydrogen (secondary N) is 1. The van der Waals surface area contributed by atoms with Gasteiger partial charge in [-0.15, -0.1) is 0 Å². The fourth-order valence-electron chi connectivity index (χ4n) is 1.91. The average Bonchev–Trinajstić information content (AvgIpc) is 2.45. The summed E-state index contributed by atoms with van der Waals surface area (Å²) in [5.74, 6) is 0.627. The smallest absolute Gasteiger partial charge is 0.0595 e. The first-order valence-corrected chi connectivity index (χ1v) is 6.85. The predicted octanol–water partition coefficient (Wildman–Crippen LogP) is 3.85. The van der Waals surface area contributed by atoms with Crippen LogP contribution in [-0.2, 0) is 6.54 Å². The van der Waals surface area contributed by atoms with Gasteiger partial charge in [-0.25, -0.2) is 5.43 Å². The first-order chi connectivity index (χ1) is 9.25. The van der Waals surface area contributed by atoms with Crippen LogP contribution in [0.4, 0.5) is 5.69 Å². The molecule has 0 aliphatic carbocycles. The lowest BCUT2D eigenvalue weighted by atomic mass is 10.2. The molecule has 0 saturated carbocycles. The molecule has 2 nitrogen and oxygen atoms in total. The van der Waals surface area contributed by atoms with E-state index in [4.69, 9.17) is 0 Å². The van der Waals surface area contributed by atoms with Crippen LogP contribution in [0.2, 0.25) is 0 Å². The van der Waals surface area contributed by atoms with Crippen LogP contribution in [0.15, 0.2) is 60.7 Å². The fraction of sp³-hybridized carbons (Fsp3) is 0.294. The summed E-state index contributed by atoms with van der Waals surface area (Å²) in [7, 11) is 0. The molecular formula is C17H22N2. The quantitative estimate of drug-likeness (QED) is 0.788. The van der Waals surface area contributed by atoms with Crippen LogP contribution < -0.4 is 10.4 Å². The van der Waals surface area contributed by atoms with Gasteiger partial charge >= 0.3 is 0 Å². The van der Waals surface area contributed by atoms with Crippen molar-refractivity contribution >= 4 is 5.69 Å². The number of anilines is 1. The second-order valence-corrected chi connectivity index (χ2v) is 5.16. The molecule has 0 aromatic heterocycles. The molecule has 0 saturated heterocycles. The van der Waals surface area contributed by atoms with Crippen molar-refractivity contribution in [2.75, 3.05) is 11.6 Å². The normalized spacial score (nSPS) is 10.7. The zero-order chi connectivity index (χ0) is 13.5. The highest BCUT2D eigenvalue weighted by Gasteiger charge is 2.07. The molecule has 0 heterocycles. The average molecular weight is 254 g/mol. The highest BCUT2D eigenvalue weighted by atomic mass is 15.5. The third-order valence-electron chi connectivity index (χ3n) is 2.94. The van der Waals surface area contributed by atoms with Gasteiger partial charge in [-0.1, -0.05) is 62.4 Å². The molecule has 0 spiro atoms. The molecule has 2 aromatic rings. The SMILES string of the molecule is CC(C)CNN(Cc1ccccc1)c1ccccc1. The van der Waals surface area contributed by atoms with Crippen molar-refractivity contribution in [2.24, 2.45) is 5.92 Å². The third-order valence-corrected chi connectivity index (χ3v) is 2.94.